The fraction of sp³-hybridized carbons (Fsp3) is 0.421. The summed E-state index contributed by atoms with van der Waals surface area (Å²) in [7, 11) is 0. The SMILES string of the molecule is Cc1cc(N2CCC3(CC2)Cc2ccccc2C3)cnc1Br. The summed E-state index contributed by atoms with van der Waals surface area (Å²) in [6, 6.07) is 11.3. The Morgan fingerprint density at radius 2 is 1.73 bits per heavy atom. The highest BCUT2D eigenvalue weighted by Crippen LogP contribution is 2.45. The van der Waals surface area contributed by atoms with Crippen LogP contribution in [0.5, 0.6) is 0 Å². The molecule has 2 nitrogen and oxygen atoms in total. The van der Waals surface area contributed by atoms with Crippen LogP contribution in [0.4, 0.5) is 5.69 Å². The van der Waals surface area contributed by atoms with Crippen molar-refractivity contribution in [3.8, 4) is 0 Å². The van der Waals surface area contributed by atoms with Gasteiger partial charge < -0.3 is 4.90 Å². The summed E-state index contributed by atoms with van der Waals surface area (Å²) in [5, 5.41) is 0. The second kappa shape index (κ2) is 5.38. The molecule has 0 saturated carbocycles. The lowest BCUT2D eigenvalue weighted by Gasteiger charge is -2.40. The zero-order valence-electron chi connectivity index (χ0n) is 13.0. The number of pyridine rings is 1. The van der Waals surface area contributed by atoms with Crippen molar-refractivity contribution >= 4 is 21.6 Å². The van der Waals surface area contributed by atoms with Crippen molar-refractivity contribution in [3.05, 3.63) is 57.8 Å². The largest absolute Gasteiger partial charge is 0.370 e. The van der Waals surface area contributed by atoms with Crippen molar-refractivity contribution in [2.75, 3.05) is 18.0 Å². The average Bonchev–Trinajstić information content (AvgIpc) is 2.88. The summed E-state index contributed by atoms with van der Waals surface area (Å²) in [5.74, 6) is 0. The van der Waals surface area contributed by atoms with Crippen molar-refractivity contribution in [1.29, 1.82) is 0 Å². The van der Waals surface area contributed by atoms with Crippen LogP contribution in [0.3, 0.4) is 0 Å². The van der Waals surface area contributed by atoms with Gasteiger partial charge in [0.15, 0.2) is 0 Å². The maximum absolute atomic E-state index is 4.45. The van der Waals surface area contributed by atoms with Gasteiger partial charge in [-0.25, -0.2) is 4.98 Å². The van der Waals surface area contributed by atoms with Crippen LogP contribution in [0.25, 0.3) is 0 Å². The Labute approximate surface area is 140 Å². The minimum Gasteiger partial charge on any atom is -0.370 e. The normalized spacial score (nSPS) is 19.5. The number of aryl methyl sites for hydroxylation is 1. The summed E-state index contributed by atoms with van der Waals surface area (Å²) in [5.41, 5.74) is 6.16. The predicted molar refractivity (Wildman–Crippen MR) is 94.4 cm³/mol. The molecule has 0 bridgehead atoms. The molecule has 4 rings (SSSR count). The first-order chi connectivity index (χ1) is 10.7. The van der Waals surface area contributed by atoms with Gasteiger partial charge in [0, 0.05) is 13.1 Å². The molecule has 2 aliphatic rings. The third kappa shape index (κ3) is 2.45. The van der Waals surface area contributed by atoms with E-state index in [0.717, 1.165) is 17.7 Å². The van der Waals surface area contributed by atoms with E-state index in [9.17, 15) is 0 Å². The number of piperidine rings is 1. The average molecular weight is 357 g/mol. The number of benzene rings is 1. The summed E-state index contributed by atoms with van der Waals surface area (Å²) in [6.45, 7) is 4.41. The first kappa shape index (κ1) is 14.3. The summed E-state index contributed by atoms with van der Waals surface area (Å²) < 4.78 is 0.955. The Hall–Kier alpha value is -1.35. The Balaban J connectivity index is 1.48. The Bertz CT molecular complexity index is 675. The van der Waals surface area contributed by atoms with E-state index in [1.807, 2.05) is 6.20 Å². The molecule has 0 radical (unpaired) electrons. The molecule has 114 valence electrons. The summed E-state index contributed by atoms with van der Waals surface area (Å²) >= 11 is 3.49. The molecule has 2 heterocycles. The van der Waals surface area contributed by atoms with E-state index in [4.69, 9.17) is 0 Å². The van der Waals surface area contributed by atoms with Crippen LogP contribution in [0, 0.1) is 12.3 Å². The minimum absolute atomic E-state index is 0.512. The molecule has 1 aliphatic carbocycles. The summed E-state index contributed by atoms with van der Waals surface area (Å²) in [4.78, 5) is 6.95. The predicted octanol–water partition coefficient (Wildman–Crippen LogP) is 4.54. The van der Waals surface area contributed by atoms with Crippen molar-refractivity contribution in [3.63, 3.8) is 0 Å². The number of anilines is 1. The van der Waals surface area contributed by atoms with Gasteiger partial charge in [-0.05, 0) is 76.7 Å². The molecule has 1 spiro atoms. The second-order valence-corrected chi connectivity index (χ2v) is 7.66. The van der Waals surface area contributed by atoms with Gasteiger partial charge in [-0.2, -0.15) is 0 Å². The molecule has 0 unspecified atom stereocenters. The molecule has 3 heteroatoms. The van der Waals surface area contributed by atoms with E-state index in [-0.39, 0.29) is 0 Å². The zero-order chi connectivity index (χ0) is 15.2. The van der Waals surface area contributed by atoms with Gasteiger partial charge in [-0.3, -0.25) is 0 Å². The lowest BCUT2D eigenvalue weighted by Crippen LogP contribution is -2.40. The minimum atomic E-state index is 0.512. The van der Waals surface area contributed by atoms with Crippen molar-refractivity contribution in [2.45, 2.75) is 32.6 Å². The topological polar surface area (TPSA) is 16.1 Å². The Kier molecular flexibility index (Phi) is 3.48. The van der Waals surface area contributed by atoms with Crippen molar-refractivity contribution in [1.82, 2.24) is 4.98 Å². The molecule has 0 atom stereocenters. The van der Waals surface area contributed by atoms with Gasteiger partial charge in [-0.1, -0.05) is 24.3 Å². The number of hydrogen-bond acceptors (Lipinski definition) is 2. The maximum atomic E-state index is 4.45. The highest BCUT2D eigenvalue weighted by molar-refractivity contribution is 9.10. The van der Waals surface area contributed by atoms with Crippen LogP contribution in [0.2, 0.25) is 0 Å². The Morgan fingerprint density at radius 1 is 1.09 bits per heavy atom. The molecule has 0 N–H and O–H groups in total. The molecular weight excluding hydrogens is 336 g/mol. The monoisotopic (exact) mass is 356 g/mol. The molecule has 0 amide bonds. The van der Waals surface area contributed by atoms with Crippen molar-refractivity contribution < 1.29 is 0 Å². The van der Waals surface area contributed by atoms with E-state index in [0.29, 0.717) is 5.41 Å². The van der Waals surface area contributed by atoms with Gasteiger partial charge in [0.2, 0.25) is 0 Å². The lowest BCUT2D eigenvalue weighted by molar-refractivity contribution is 0.233. The smallest absolute Gasteiger partial charge is 0.109 e. The number of halogens is 1. The number of rotatable bonds is 1. The van der Waals surface area contributed by atoms with Crippen LogP contribution >= 0.6 is 15.9 Å². The highest BCUT2D eigenvalue weighted by Gasteiger charge is 2.39. The molecule has 1 aromatic heterocycles. The summed E-state index contributed by atoms with van der Waals surface area (Å²) in [6.07, 6.45) is 7.12. The third-order valence-electron chi connectivity index (χ3n) is 5.44. The number of fused-ring (bicyclic) bond motifs is 1. The number of hydrogen-bond donors (Lipinski definition) is 0. The van der Waals surface area contributed by atoms with Gasteiger partial charge >= 0.3 is 0 Å². The maximum Gasteiger partial charge on any atom is 0.109 e. The van der Waals surface area contributed by atoms with Gasteiger partial charge in [-0.15, -0.1) is 0 Å². The first-order valence-electron chi connectivity index (χ1n) is 8.09. The van der Waals surface area contributed by atoms with Gasteiger partial charge in [0.05, 0.1) is 11.9 Å². The van der Waals surface area contributed by atoms with Crippen LogP contribution in [0.1, 0.15) is 29.5 Å². The fourth-order valence-corrected chi connectivity index (χ4v) is 4.30. The van der Waals surface area contributed by atoms with E-state index in [1.165, 1.54) is 36.9 Å². The Morgan fingerprint density at radius 3 is 2.32 bits per heavy atom. The van der Waals surface area contributed by atoms with Crippen molar-refractivity contribution in [2.24, 2.45) is 5.41 Å². The molecule has 1 saturated heterocycles. The van der Waals surface area contributed by atoms with Gasteiger partial charge in [0.25, 0.3) is 0 Å². The van der Waals surface area contributed by atoms with Crippen LogP contribution in [-0.2, 0) is 12.8 Å². The lowest BCUT2D eigenvalue weighted by atomic mass is 9.76. The van der Waals surface area contributed by atoms with Gasteiger partial charge in [0.1, 0.15) is 4.60 Å². The quantitative estimate of drug-likeness (QED) is 0.697. The molecule has 1 aliphatic heterocycles. The second-order valence-electron chi connectivity index (χ2n) is 6.91. The van der Waals surface area contributed by atoms with Crippen LogP contribution < -0.4 is 4.90 Å². The highest BCUT2D eigenvalue weighted by atomic mass is 79.9. The number of nitrogens with zero attached hydrogens (tertiary/aromatic N) is 2. The molecular formula is C19H21BrN2. The fourth-order valence-electron chi connectivity index (χ4n) is 4.08. The number of aromatic nitrogens is 1. The zero-order valence-corrected chi connectivity index (χ0v) is 14.6. The van der Waals surface area contributed by atoms with E-state index < -0.39 is 0 Å². The molecule has 1 fully saturated rings. The van der Waals surface area contributed by atoms with E-state index in [1.54, 1.807) is 11.1 Å². The van der Waals surface area contributed by atoms with Crippen LogP contribution in [-0.4, -0.2) is 18.1 Å². The van der Waals surface area contributed by atoms with E-state index >= 15 is 0 Å². The molecule has 2 aromatic rings. The van der Waals surface area contributed by atoms with E-state index in [2.05, 4.69) is 63.1 Å². The third-order valence-corrected chi connectivity index (χ3v) is 6.27. The molecule has 22 heavy (non-hydrogen) atoms. The van der Waals surface area contributed by atoms with Crippen LogP contribution in [0.15, 0.2) is 41.1 Å². The first-order valence-corrected chi connectivity index (χ1v) is 8.88. The standard InChI is InChI=1S/C19H21BrN2/c1-14-10-17(13-21-18(14)20)22-8-6-19(7-9-22)11-15-4-2-3-5-16(15)12-19/h2-5,10,13H,6-9,11-12H2,1H3. The molecule has 1 aromatic carbocycles.